The third-order valence-corrected chi connectivity index (χ3v) is 6.33. The molecule has 4 aromatic rings. The van der Waals surface area contributed by atoms with Crippen LogP contribution in [0.4, 0.5) is 5.82 Å². The van der Waals surface area contributed by atoms with Crippen LogP contribution in [0.5, 0.6) is 5.75 Å². The predicted octanol–water partition coefficient (Wildman–Crippen LogP) is 4.76. The predicted molar refractivity (Wildman–Crippen MR) is 147 cm³/mol. The Kier molecular flexibility index (Phi) is 8.20. The van der Waals surface area contributed by atoms with E-state index in [0.717, 1.165) is 42.4 Å². The summed E-state index contributed by atoms with van der Waals surface area (Å²) in [7, 11) is 0. The molecule has 9 heteroatoms. The van der Waals surface area contributed by atoms with Crippen molar-refractivity contribution < 1.29 is 9.53 Å². The molecule has 0 saturated carbocycles. The average molecular weight is 517 g/mol. The Morgan fingerprint density at radius 2 is 1.76 bits per heavy atom. The van der Waals surface area contributed by atoms with Crippen molar-refractivity contribution in [1.29, 1.82) is 5.41 Å². The summed E-state index contributed by atoms with van der Waals surface area (Å²) >= 11 is 0. The smallest absolute Gasteiger partial charge is 0.253 e. The molecule has 1 aromatic heterocycles. The number of likely N-dealkylation sites (tertiary alicyclic amines) is 1. The average Bonchev–Trinajstić information content (AvgIpc) is 3.46. The first-order valence-corrected chi connectivity index (χ1v) is 12.0. The fraction of sp³-hybridized carbons (Fsp3) is 0.214. The number of carbonyl (C=O) groups is 1. The fourth-order valence-corrected chi connectivity index (χ4v) is 4.37. The molecule has 5 rings (SSSR count). The van der Waals surface area contributed by atoms with Gasteiger partial charge >= 0.3 is 0 Å². The van der Waals surface area contributed by atoms with E-state index in [2.05, 4.69) is 15.3 Å². The topological polar surface area (TPSA) is 117 Å². The summed E-state index contributed by atoms with van der Waals surface area (Å²) in [4.78, 5) is 23.5. The maximum absolute atomic E-state index is 12.8. The Labute approximate surface area is 221 Å². The Morgan fingerprint density at radius 3 is 2.51 bits per heavy atom. The number of hydrogen-bond acceptors (Lipinski definition) is 6. The van der Waals surface area contributed by atoms with E-state index < -0.39 is 0 Å². The number of aromatic nitrogens is 2. The van der Waals surface area contributed by atoms with Gasteiger partial charge in [-0.15, -0.1) is 12.4 Å². The van der Waals surface area contributed by atoms with Gasteiger partial charge in [-0.3, -0.25) is 10.2 Å². The summed E-state index contributed by atoms with van der Waals surface area (Å²) in [6.45, 7) is 2.45. The number of halogens is 1. The molecule has 0 unspecified atom stereocenters. The summed E-state index contributed by atoms with van der Waals surface area (Å²) in [5.41, 5.74) is 9.61. The van der Waals surface area contributed by atoms with Gasteiger partial charge in [-0.1, -0.05) is 30.3 Å². The van der Waals surface area contributed by atoms with Gasteiger partial charge in [-0.2, -0.15) is 0 Å². The highest BCUT2D eigenvalue weighted by molar-refractivity contribution is 6.00. The lowest BCUT2D eigenvalue weighted by molar-refractivity contribution is 0.0793. The van der Waals surface area contributed by atoms with Crippen LogP contribution in [0.1, 0.15) is 39.9 Å². The molecule has 1 fully saturated rings. The van der Waals surface area contributed by atoms with Crippen LogP contribution in [0, 0.1) is 5.41 Å². The molecule has 0 bridgehead atoms. The monoisotopic (exact) mass is 516 g/mol. The van der Waals surface area contributed by atoms with Gasteiger partial charge in [0.2, 0.25) is 0 Å². The molecule has 190 valence electrons. The Hall–Kier alpha value is -4.17. The molecule has 0 aliphatic carbocycles. The van der Waals surface area contributed by atoms with Crippen LogP contribution in [0.2, 0.25) is 0 Å². The highest BCUT2D eigenvalue weighted by atomic mass is 35.5. The minimum atomic E-state index is -0.00598. The maximum Gasteiger partial charge on any atom is 0.253 e. The van der Waals surface area contributed by atoms with Crippen molar-refractivity contribution in [1.82, 2.24) is 14.9 Å². The van der Waals surface area contributed by atoms with E-state index in [-0.39, 0.29) is 24.1 Å². The summed E-state index contributed by atoms with van der Waals surface area (Å²) < 4.78 is 6.10. The molecule has 1 aliphatic rings. The molecule has 2 heterocycles. The number of amidine groups is 1. The van der Waals surface area contributed by atoms with Gasteiger partial charge in [0.05, 0.1) is 5.52 Å². The van der Waals surface area contributed by atoms with E-state index in [1.807, 2.05) is 65.6 Å². The van der Waals surface area contributed by atoms with Crippen LogP contribution in [0.25, 0.3) is 10.9 Å². The molecule has 4 N–H and O–H groups in total. The Bertz CT molecular complexity index is 1410. The second-order valence-corrected chi connectivity index (χ2v) is 8.82. The molecule has 8 nitrogen and oxygen atoms in total. The van der Waals surface area contributed by atoms with Crippen LogP contribution in [-0.4, -0.2) is 39.7 Å². The van der Waals surface area contributed by atoms with E-state index >= 15 is 0 Å². The number of hydrogen-bond donors (Lipinski definition) is 3. The first kappa shape index (κ1) is 25.9. The SMILES string of the molecule is Cl.N=C(N)c1ccc(OCc2ccccc2)c(CNc2ncnc3cc(C(=O)N4CCCC4)ccc23)c1. The summed E-state index contributed by atoms with van der Waals surface area (Å²) in [6.07, 6.45) is 3.60. The summed E-state index contributed by atoms with van der Waals surface area (Å²) in [5, 5.41) is 12.0. The molecular formula is C28H29ClN6O2. The van der Waals surface area contributed by atoms with Crippen molar-refractivity contribution in [3.05, 3.63) is 95.3 Å². The van der Waals surface area contributed by atoms with Crippen molar-refractivity contribution in [2.45, 2.75) is 26.0 Å². The number of nitrogens with zero attached hydrogens (tertiary/aromatic N) is 3. The van der Waals surface area contributed by atoms with Crippen LogP contribution < -0.4 is 15.8 Å². The van der Waals surface area contributed by atoms with Crippen molar-refractivity contribution in [2.24, 2.45) is 5.73 Å². The lowest BCUT2D eigenvalue weighted by atomic mass is 10.1. The number of nitrogens with two attached hydrogens (primary N) is 1. The van der Waals surface area contributed by atoms with Crippen molar-refractivity contribution in [3.63, 3.8) is 0 Å². The largest absolute Gasteiger partial charge is 0.489 e. The highest BCUT2D eigenvalue weighted by Crippen LogP contribution is 2.26. The minimum Gasteiger partial charge on any atom is -0.489 e. The van der Waals surface area contributed by atoms with Crippen LogP contribution in [-0.2, 0) is 13.2 Å². The minimum absolute atomic E-state index is 0. The Morgan fingerprint density at radius 1 is 1.00 bits per heavy atom. The lowest BCUT2D eigenvalue weighted by Gasteiger charge is -2.16. The molecular weight excluding hydrogens is 488 g/mol. The second kappa shape index (κ2) is 11.7. The molecule has 0 radical (unpaired) electrons. The van der Waals surface area contributed by atoms with Crippen LogP contribution in [0.15, 0.2) is 73.1 Å². The van der Waals surface area contributed by atoms with Gasteiger partial charge in [0.25, 0.3) is 5.91 Å². The van der Waals surface area contributed by atoms with Crippen molar-refractivity contribution in [3.8, 4) is 5.75 Å². The van der Waals surface area contributed by atoms with Gasteiger partial charge in [0.15, 0.2) is 0 Å². The molecule has 0 spiro atoms. The summed E-state index contributed by atoms with van der Waals surface area (Å²) in [5.74, 6) is 1.40. The zero-order valence-corrected chi connectivity index (χ0v) is 21.1. The first-order valence-electron chi connectivity index (χ1n) is 12.0. The van der Waals surface area contributed by atoms with E-state index in [9.17, 15) is 4.79 Å². The third kappa shape index (κ3) is 5.98. The lowest BCUT2D eigenvalue weighted by Crippen LogP contribution is -2.27. The molecule has 3 aromatic carbocycles. The maximum atomic E-state index is 12.8. The van der Waals surface area contributed by atoms with E-state index in [4.69, 9.17) is 15.9 Å². The number of rotatable bonds is 8. The van der Waals surface area contributed by atoms with Gasteiger partial charge in [-0.25, -0.2) is 9.97 Å². The second-order valence-electron chi connectivity index (χ2n) is 8.82. The Balaban J connectivity index is 0.00000320. The van der Waals surface area contributed by atoms with Crippen LogP contribution >= 0.6 is 12.4 Å². The number of ether oxygens (including phenoxy) is 1. The number of benzene rings is 3. The molecule has 37 heavy (non-hydrogen) atoms. The number of nitrogen functional groups attached to an aromatic ring is 1. The highest BCUT2D eigenvalue weighted by Gasteiger charge is 2.20. The van der Waals surface area contributed by atoms with E-state index in [1.54, 1.807) is 6.07 Å². The van der Waals surface area contributed by atoms with E-state index in [1.165, 1.54) is 6.33 Å². The van der Waals surface area contributed by atoms with Crippen molar-refractivity contribution in [2.75, 3.05) is 18.4 Å². The van der Waals surface area contributed by atoms with Crippen LogP contribution in [0.3, 0.4) is 0 Å². The number of anilines is 1. The number of nitrogens with one attached hydrogen (secondary N) is 2. The number of amides is 1. The number of carbonyl (C=O) groups excluding carboxylic acids is 1. The standard InChI is InChI=1S/C28H28N6O2.ClH/c29-26(30)20-9-11-25(36-17-19-6-2-1-3-7-19)22(14-20)16-31-27-23-10-8-21(15-24(23)32-18-33-27)28(35)34-12-4-5-13-34;/h1-3,6-11,14-15,18H,4-5,12-13,16-17H2,(H3,29,30)(H,31,32,33);1H. The number of fused-ring (bicyclic) bond motifs is 1. The quantitative estimate of drug-likeness (QED) is 0.229. The molecule has 1 amide bonds. The van der Waals surface area contributed by atoms with Gasteiger partial charge in [-0.05, 0) is 54.8 Å². The molecule has 1 saturated heterocycles. The third-order valence-electron chi connectivity index (χ3n) is 6.33. The zero-order valence-electron chi connectivity index (χ0n) is 20.3. The van der Waals surface area contributed by atoms with Gasteiger partial charge < -0.3 is 20.7 Å². The zero-order chi connectivity index (χ0) is 24.9. The summed E-state index contributed by atoms with van der Waals surface area (Å²) in [6, 6.07) is 21.0. The van der Waals surface area contributed by atoms with Gasteiger partial charge in [0.1, 0.15) is 30.3 Å². The normalized spacial score (nSPS) is 12.7. The van der Waals surface area contributed by atoms with E-state index in [0.29, 0.717) is 41.4 Å². The van der Waals surface area contributed by atoms with Gasteiger partial charge in [0, 0.05) is 41.7 Å². The molecule has 0 atom stereocenters. The first-order chi connectivity index (χ1) is 17.6. The fourth-order valence-electron chi connectivity index (χ4n) is 4.37. The van der Waals surface area contributed by atoms with Crippen molar-refractivity contribution >= 4 is 40.9 Å². The molecule has 1 aliphatic heterocycles.